The summed E-state index contributed by atoms with van der Waals surface area (Å²) in [7, 11) is 0.183. The molecule has 1 N–H and O–H groups in total. The van der Waals surface area contributed by atoms with Gasteiger partial charge >= 0.3 is 0 Å². The fraction of sp³-hybridized carbons (Fsp3) is 0.571. The molecule has 0 radical (unpaired) electrons. The molecule has 1 fully saturated rings. The van der Waals surface area contributed by atoms with Gasteiger partial charge in [-0.25, -0.2) is 17.5 Å². The van der Waals surface area contributed by atoms with Crippen molar-refractivity contribution in [3.05, 3.63) is 29.0 Å². The first-order chi connectivity index (χ1) is 9.77. The Hall–Kier alpha value is -0.690. The van der Waals surface area contributed by atoms with Gasteiger partial charge in [-0.1, -0.05) is 24.4 Å². The monoisotopic (exact) mass is 334 g/mol. The van der Waals surface area contributed by atoms with Gasteiger partial charge in [0.15, 0.2) is 0 Å². The standard InChI is InChI=1S/C14H20ClFN2O2S/c1-18(2)14(7-3-4-8-14)10-17-21(19,20)13-6-5-11(16)9-12(13)15/h5-6,9,17H,3-4,7-8,10H2,1-2H3. The van der Waals surface area contributed by atoms with E-state index >= 15 is 0 Å². The van der Waals surface area contributed by atoms with Crippen molar-refractivity contribution in [2.45, 2.75) is 36.1 Å². The van der Waals surface area contributed by atoms with E-state index in [-0.39, 0.29) is 15.5 Å². The molecule has 1 aliphatic rings. The van der Waals surface area contributed by atoms with Crippen molar-refractivity contribution in [2.75, 3.05) is 20.6 Å². The predicted octanol–water partition coefficient (Wildman–Crippen LogP) is 2.63. The second-order valence-corrected chi connectivity index (χ2v) is 7.87. The van der Waals surface area contributed by atoms with E-state index in [1.807, 2.05) is 14.1 Å². The molecule has 0 aliphatic heterocycles. The van der Waals surface area contributed by atoms with Crippen LogP contribution in [0.2, 0.25) is 5.02 Å². The molecule has 0 saturated heterocycles. The summed E-state index contributed by atoms with van der Waals surface area (Å²) in [5, 5.41) is -0.104. The van der Waals surface area contributed by atoms with Gasteiger partial charge in [0.25, 0.3) is 0 Å². The Balaban J connectivity index is 2.18. The molecule has 118 valence electrons. The number of rotatable bonds is 5. The maximum absolute atomic E-state index is 13.0. The predicted molar refractivity (Wildman–Crippen MR) is 81.5 cm³/mol. The molecule has 7 heteroatoms. The normalized spacial score (nSPS) is 18.3. The minimum absolute atomic E-state index is 0.0857. The van der Waals surface area contributed by atoms with E-state index in [0.29, 0.717) is 6.54 Å². The minimum Gasteiger partial charge on any atom is -0.302 e. The molecule has 0 unspecified atom stereocenters. The lowest BCUT2D eigenvalue weighted by atomic mass is 9.97. The van der Waals surface area contributed by atoms with Crippen molar-refractivity contribution in [1.82, 2.24) is 9.62 Å². The van der Waals surface area contributed by atoms with Gasteiger partial charge in [0.05, 0.1) is 5.02 Å². The average molecular weight is 335 g/mol. The summed E-state index contributed by atoms with van der Waals surface area (Å²) >= 11 is 5.84. The fourth-order valence-corrected chi connectivity index (χ4v) is 4.46. The molecule has 1 aromatic rings. The van der Waals surface area contributed by atoms with E-state index in [2.05, 4.69) is 9.62 Å². The minimum atomic E-state index is -3.74. The number of hydrogen-bond donors (Lipinski definition) is 1. The summed E-state index contributed by atoms with van der Waals surface area (Å²) in [6.45, 7) is 0.329. The average Bonchev–Trinajstić information content (AvgIpc) is 2.86. The summed E-state index contributed by atoms with van der Waals surface area (Å²) in [4.78, 5) is 1.99. The first-order valence-corrected chi connectivity index (χ1v) is 8.75. The van der Waals surface area contributed by atoms with Gasteiger partial charge in [-0.05, 0) is 45.1 Å². The summed E-state index contributed by atoms with van der Waals surface area (Å²) in [5.74, 6) is -0.556. The second-order valence-electron chi connectivity index (χ2n) is 5.73. The van der Waals surface area contributed by atoms with Gasteiger partial charge in [-0.15, -0.1) is 0 Å². The second kappa shape index (κ2) is 6.20. The highest BCUT2D eigenvalue weighted by Gasteiger charge is 2.37. The van der Waals surface area contributed by atoms with Crippen LogP contribution in [-0.4, -0.2) is 39.5 Å². The highest BCUT2D eigenvalue weighted by Crippen LogP contribution is 2.33. The summed E-state index contributed by atoms with van der Waals surface area (Å²) in [6, 6.07) is 3.29. The zero-order valence-electron chi connectivity index (χ0n) is 12.2. The maximum atomic E-state index is 13.0. The van der Waals surface area contributed by atoms with Crippen LogP contribution in [0.3, 0.4) is 0 Å². The molecule has 0 spiro atoms. The van der Waals surface area contributed by atoms with Crippen LogP contribution in [0.1, 0.15) is 25.7 Å². The van der Waals surface area contributed by atoms with E-state index in [0.717, 1.165) is 37.8 Å². The van der Waals surface area contributed by atoms with Gasteiger partial charge in [-0.3, -0.25) is 0 Å². The van der Waals surface area contributed by atoms with Crippen LogP contribution in [0, 0.1) is 5.82 Å². The molecular formula is C14H20ClFN2O2S. The highest BCUT2D eigenvalue weighted by atomic mass is 35.5. The first-order valence-electron chi connectivity index (χ1n) is 6.89. The molecule has 0 amide bonds. The molecule has 2 rings (SSSR count). The Bertz CT molecular complexity index is 613. The fourth-order valence-electron chi connectivity index (χ4n) is 2.82. The molecule has 1 aliphatic carbocycles. The maximum Gasteiger partial charge on any atom is 0.242 e. The Labute approximate surface area is 130 Å². The Kier molecular flexibility index (Phi) is 4.92. The van der Waals surface area contributed by atoms with Crippen molar-refractivity contribution in [3.8, 4) is 0 Å². The molecule has 0 heterocycles. The van der Waals surface area contributed by atoms with E-state index in [4.69, 9.17) is 11.6 Å². The van der Waals surface area contributed by atoms with Crippen LogP contribution in [-0.2, 0) is 10.0 Å². The zero-order valence-corrected chi connectivity index (χ0v) is 13.8. The van der Waals surface area contributed by atoms with Crippen molar-refractivity contribution in [3.63, 3.8) is 0 Å². The zero-order chi connectivity index (χ0) is 15.7. The molecule has 21 heavy (non-hydrogen) atoms. The van der Waals surface area contributed by atoms with Crippen LogP contribution < -0.4 is 4.72 Å². The first kappa shape index (κ1) is 16.7. The highest BCUT2D eigenvalue weighted by molar-refractivity contribution is 7.89. The number of nitrogens with zero attached hydrogens (tertiary/aromatic N) is 1. The van der Waals surface area contributed by atoms with E-state index in [1.54, 1.807) is 0 Å². The third-order valence-corrected chi connectivity index (χ3v) is 6.14. The van der Waals surface area contributed by atoms with Crippen LogP contribution in [0.4, 0.5) is 4.39 Å². The Morgan fingerprint density at radius 3 is 2.48 bits per heavy atom. The van der Waals surface area contributed by atoms with E-state index in [9.17, 15) is 12.8 Å². The van der Waals surface area contributed by atoms with Crippen molar-refractivity contribution < 1.29 is 12.8 Å². The lowest BCUT2D eigenvalue weighted by Gasteiger charge is -2.36. The molecule has 0 aromatic heterocycles. The molecule has 1 saturated carbocycles. The van der Waals surface area contributed by atoms with Gasteiger partial charge in [0.1, 0.15) is 10.7 Å². The van der Waals surface area contributed by atoms with Gasteiger partial charge in [0, 0.05) is 12.1 Å². The lowest BCUT2D eigenvalue weighted by Crippen LogP contribution is -2.50. The molecule has 0 atom stereocenters. The smallest absolute Gasteiger partial charge is 0.242 e. The van der Waals surface area contributed by atoms with Crippen molar-refractivity contribution in [1.29, 1.82) is 0 Å². The van der Waals surface area contributed by atoms with Crippen molar-refractivity contribution >= 4 is 21.6 Å². The number of hydrogen-bond acceptors (Lipinski definition) is 3. The topological polar surface area (TPSA) is 49.4 Å². The number of nitrogens with one attached hydrogen (secondary N) is 1. The number of halogens is 2. The summed E-state index contributed by atoms with van der Waals surface area (Å²) in [5.41, 5.74) is -0.153. The van der Waals surface area contributed by atoms with Crippen LogP contribution in [0.15, 0.2) is 23.1 Å². The summed E-state index contributed by atoms with van der Waals surface area (Å²) < 4.78 is 40.3. The molecule has 4 nitrogen and oxygen atoms in total. The number of likely N-dealkylation sites (N-methyl/N-ethyl adjacent to an activating group) is 1. The van der Waals surface area contributed by atoms with E-state index in [1.165, 1.54) is 6.07 Å². The van der Waals surface area contributed by atoms with Gasteiger partial charge < -0.3 is 4.90 Å². The molecular weight excluding hydrogens is 315 g/mol. The third kappa shape index (κ3) is 3.56. The largest absolute Gasteiger partial charge is 0.302 e. The Morgan fingerprint density at radius 1 is 1.33 bits per heavy atom. The number of sulfonamides is 1. The number of benzene rings is 1. The SMILES string of the molecule is CN(C)C1(CNS(=O)(=O)c2ccc(F)cc2Cl)CCCC1. The van der Waals surface area contributed by atoms with Gasteiger partial charge in [-0.2, -0.15) is 0 Å². The quantitative estimate of drug-likeness (QED) is 0.900. The lowest BCUT2D eigenvalue weighted by molar-refractivity contribution is 0.162. The molecule has 1 aromatic carbocycles. The van der Waals surface area contributed by atoms with Crippen LogP contribution in [0.5, 0.6) is 0 Å². The summed E-state index contributed by atoms with van der Waals surface area (Å²) in [6.07, 6.45) is 4.10. The Morgan fingerprint density at radius 2 is 1.95 bits per heavy atom. The van der Waals surface area contributed by atoms with Crippen LogP contribution in [0.25, 0.3) is 0 Å². The van der Waals surface area contributed by atoms with Crippen molar-refractivity contribution in [2.24, 2.45) is 0 Å². The van der Waals surface area contributed by atoms with Crippen LogP contribution >= 0.6 is 11.6 Å². The van der Waals surface area contributed by atoms with Gasteiger partial charge in [0.2, 0.25) is 10.0 Å². The third-order valence-electron chi connectivity index (χ3n) is 4.26. The van der Waals surface area contributed by atoms with E-state index < -0.39 is 15.8 Å². The molecule has 0 bridgehead atoms.